The van der Waals surface area contributed by atoms with Crippen LogP contribution in [0.1, 0.15) is 36.2 Å². The van der Waals surface area contributed by atoms with E-state index in [-0.39, 0.29) is 5.91 Å². The van der Waals surface area contributed by atoms with Crippen LogP contribution < -0.4 is 10.2 Å². The fourth-order valence-electron chi connectivity index (χ4n) is 2.21. The van der Waals surface area contributed by atoms with Crippen LogP contribution in [-0.4, -0.2) is 36.5 Å². The summed E-state index contributed by atoms with van der Waals surface area (Å²) in [7, 11) is 3.82. The van der Waals surface area contributed by atoms with E-state index < -0.39 is 0 Å². The maximum Gasteiger partial charge on any atom is 0.251 e. The van der Waals surface area contributed by atoms with Gasteiger partial charge in [-0.3, -0.25) is 4.79 Å². The highest BCUT2D eigenvalue weighted by molar-refractivity contribution is 7.98. The van der Waals surface area contributed by atoms with E-state index in [1.54, 1.807) is 6.07 Å². The maximum absolute atomic E-state index is 12.3. The van der Waals surface area contributed by atoms with Gasteiger partial charge in [0.2, 0.25) is 0 Å². The van der Waals surface area contributed by atoms with E-state index in [0.717, 1.165) is 17.8 Å². The minimum Gasteiger partial charge on any atom is -0.363 e. The van der Waals surface area contributed by atoms with Gasteiger partial charge >= 0.3 is 0 Å². The van der Waals surface area contributed by atoms with Crippen molar-refractivity contribution in [1.82, 2.24) is 15.3 Å². The van der Waals surface area contributed by atoms with Crippen LogP contribution in [0.15, 0.2) is 35.5 Å². The second-order valence-corrected chi connectivity index (χ2v) is 7.98. The summed E-state index contributed by atoms with van der Waals surface area (Å²) < 4.78 is 0. The van der Waals surface area contributed by atoms with Gasteiger partial charge in [-0.1, -0.05) is 49.3 Å². The van der Waals surface area contributed by atoms with Crippen molar-refractivity contribution in [2.45, 2.75) is 31.2 Å². The SMILES string of the molecule is CC(C)CCNC(=O)c1cccc(CSc2nc(Cl)cc(N(C)C)n2)c1. The molecule has 0 saturated carbocycles. The molecule has 0 spiro atoms. The molecule has 2 rings (SSSR count). The van der Waals surface area contributed by atoms with Crippen molar-refractivity contribution in [3.63, 3.8) is 0 Å². The van der Waals surface area contributed by atoms with E-state index in [4.69, 9.17) is 11.6 Å². The molecule has 1 heterocycles. The monoisotopic (exact) mass is 392 g/mol. The number of amides is 1. The second-order valence-electron chi connectivity index (χ2n) is 6.65. The summed E-state index contributed by atoms with van der Waals surface area (Å²) in [6.45, 7) is 4.98. The smallest absolute Gasteiger partial charge is 0.251 e. The van der Waals surface area contributed by atoms with Crippen LogP contribution in [0.5, 0.6) is 0 Å². The molecule has 0 atom stereocenters. The standard InChI is InChI=1S/C19H25ClN4OS/c1-13(2)8-9-21-18(25)15-7-5-6-14(10-15)12-26-19-22-16(20)11-17(23-19)24(3)4/h5-7,10-11,13H,8-9,12H2,1-4H3,(H,21,25). The summed E-state index contributed by atoms with van der Waals surface area (Å²) in [4.78, 5) is 22.9. The predicted octanol–water partition coefficient (Wildman–Crippen LogP) is 4.26. The first-order valence-electron chi connectivity index (χ1n) is 8.57. The molecule has 1 amide bonds. The van der Waals surface area contributed by atoms with E-state index in [1.165, 1.54) is 11.8 Å². The van der Waals surface area contributed by atoms with Crippen LogP contribution >= 0.6 is 23.4 Å². The molecule has 0 aliphatic rings. The number of carbonyl (C=O) groups excluding carboxylic acids is 1. The first-order chi connectivity index (χ1) is 12.3. The van der Waals surface area contributed by atoms with Crippen LogP contribution in [0.4, 0.5) is 5.82 Å². The third-order valence-corrected chi connectivity index (χ3v) is 4.80. The average molecular weight is 393 g/mol. The van der Waals surface area contributed by atoms with E-state index in [2.05, 4.69) is 29.1 Å². The van der Waals surface area contributed by atoms with Crippen molar-refractivity contribution in [1.29, 1.82) is 0 Å². The van der Waals surface area contributed by atoms with Gasteiger partial charge < -0.3 is 10.2 Å². The fraction of sp³-hybridized carbons (Fsp3) is 0.421. The molecule has 0 radical (unpaired) electrons. The predicted molar refractivity (Wildman–Crippen MR) is 109 cm³/mol. The highest BCUT2D eigenvalue weighted by Gasteiger charge is 2.09. The van der Waals surface area contributed by atoms with E-state index in [1.807, 2.05) is 43.3 Å². The third-order valence-electron chi connectivity index (χ3n) is 3.68. The molecular weight excluding hydrogens is 368 g/mol. The minimum atomic E-state index is -0.0357. The van der Waals surface area contributed by atoms with Crippen molar-refractivity contribution >= 4 is 35.1 Å². The largest absolute Gasteiger partial charge is 0.363 e. The van der Waals surface area contributed by atoms with Crippen molar-refractivity contribution in [3.05, 3.63) is 46.6 Å². The lowest BCUT2D eigenvalue weighted by Gasteiger charge is -2.12. The Bertz CT molecular complexity index is 752. The molecule has 0 unspecified atom stereocenters. The van der Waals surface area contributed by atoms with Crippen molar-refractivity contribution in [2.24, 2.45) is 5.92 Å². The van der Waals surface area contributed by atoms with Gasteiger partial charge in [-0.25, -0.2) is 9.97 Å². The van der Waals surface area contributed by atoms with Crippen molar-refractivity contribution in [2.75, 3.05) is 25.5 Å². The van der Waals surface area contributed by atoms with Gasteiger partial charge in [0.1, 0.15) is 11.0 Å². The number of halogens is 1. The number of carbonyl (C=O) groups is 1. The first-order valence-corrected chi connectivity index (χ1v) is 9.93. The Morgan fingerprint density at radius 3 is 2.73 bits per heavy atom. The van der Waals surface area contributed by atoms with Gasteiger partial charge in [0.05, 0.1) is 0 Å². The molecule has 140 valence electrons. The Morgan fingerprint density at radius 2 is 2.04 bits per heavy atom. The van der Waals surface area contributed by atoms with E-state index in [0.29, 0.717) is 34.1 Å². The zero-order valence-corrected chi connectivity index (χ0v) is 17.2. The number of nitrogens with one attached hydrogen (secondary N) is 1. The number of hydrogen-bond acceptors (Lipinski definition) is 5. The molecule has 2 aromatic rings. The van der Waals surface area contributed by atoms with Gasteiger partial charge in [0.15, 0.2) is 5.16 Å². The molecule has 0 aliphatic heterocycles. The summed E-state index contributed by atoms with van der Waals surface area (Å²) >= 11 is 7.57. The third kappa shape index (κ3) is 6.50. The van der Waals surface area contributed by atoms with Crippen LogP contribution in [0.3, 0.4) is 0 Å². The molecule has 1 aromatic carbocycles. The average Bonchev–Trinajstić information content (AvgIpc) is 2.59. The van der Waals surface area contributed by atoms with Crippen LogP contribution in [0.2, 0.25) is 5.15 Å². The van der Waals surface area contributed by atoms with Gasteiger partial charge in [0.25, 0.3) is 5.91 Å². The van der Waals surface area contributed by atoms with Crippen LogP contribution in [0, 0.1) is 5.92 Å². The summed E-state index contributed by atoms with van der Waals surface area (Å²) in [6.07, 6.45) is 0.974. The molecule has 1 aromatic heterocycles. The Hall–Kier alpha value is -1.79. The number of rotatable bonds is 8. The quantitative estimate of drug-likeness (QED) is 0.413. The minimum absolute atomic E-state index is 0.0357. The van der Waals surface area contributed by atoms with E-state index >= 15 is 0 Å². The maximum atomic E-state index is 12.3. The zero-order chi connectivity index (χ0) is 19.1. The number of anilines is 1. The number of aromatic nitrogens is 2. The van der Waals surface area contributed by atoms with Crippen LogP contribution in [0.25, 0.3) is 0 Å². The Labute approximate surface area is 164 Å². The lowest BCUT2D eigenvalue weighted by atomic mass is 10.1. The molecule has 0 fully saturated rings. The number of nitrogens with zero attached hydrogens (tertiary/aromatic N) is 3. The highest BCUT2D eigenvalue weighted by atomic mass is 35.5. The van der Waals surface area contributed by atoms with Gasteiger partial charge in [-0.15, -0.1) is 0 Å². The summed E-state index contributed by atoms with van der Waals surface area (Å²) in [5, 5.41) is 4.00. The Kier molecular flexibility index (Phi) is 7.72. The molecule has 5 nitrogen and oxygen atoms in total. The van der Waals surface area contributed by atoms with Gasteiger partial charge in [-0.2, -0.15) is 0 Å². The molecule has 7 heteroatoms. The van der Waals surface area contributed by atoms with Gasteiger partial charge in [0, 0.05) is 38.0 Å². The molecule has 1 N–H and O–H groups in total. The Balaban J connectivity index is 1.99. The van der Waals surface area contributed by atoms with Gasteiger partial charge in [-0.05, 0) is 30.0 Å². The molecular formula is C19H25ClN4OS. The van der Waals surface area contributed by atoms with Crippen LogP contribution in [-0.2, 0) is 5.75 Å². The van der Waals surface area contributed by atoms with Crippen molar-refractivity contribution < 1.29 is 4.79 Å². The van der Waals surface area contributed by atoms with E-state index in [9.17, 15) is 4.79 Å². The van der Waals surface area contributed by atoms with Crippen molar-refractivity contribution in [3.8, 4) is 0 Å². The summed E-state index contributed by atoms with van der Waals surface area (Å²) in [5.74, 6) is 1.97. The molecule has 0 saturated heterocycles. The molecule has 26 heavy (non-hydrogen) atoms. The summed E-state index contributed by atoms with van der Waals surface area (Å²) in [6, 6.07) is 9.37. The first kappa shape index (κ1) is 20.5. The topological polar surface area (TPSA) is 58.1 Å². The second kappa shape index (κ2) is 9.78. The normalized spacial score (nSPS) is 10.8. The number of benzene rings is 1. The highest BCUT2D eigenvalue weighted by Crippen LogP contribution is 2.24. The zero-order valence-electron chi connectivity index (χ0n) is 15.6. The lowest BCUT2D eigenvalue weighted by Crippen LogP contribution is -2.25. The number of thioether (sulfide) groups is 1. The molecule has 0 aliphatic carbocycles. The molecule has 0 bridgehead atoms. The lowest BCUT2D eigenvalue weighted by molar-refractivity contribution is 0.0952. The Morgan fingerprint density at radius 1 is 1.27 bits per heavy atom. The fourth-order valence-corrected chi connectivity index (χ4v) is 3.23. The summed E-state index contributed by atoms with van der Waals surface area (Å²) in [5.41, 5.74) is 1.72. The number of hydrogen-bond donors (Lipinski definition) is 1.